The van der Waals surface area contributed by atoms with Crippen molar-refractivity contribution in [3.8, 4) is 0 Å². The van der Waals surface area contributed by atoms with Crippen molar-refractivity contribution in [2.45, 2.75) is 52.1 Å². The van der Waals surface area contributed by atoms with Gasteiger partial charge in [0.15, 0.2) is 0 Å². The Balaban J connectivity index is 1.82. The molecule has 208 valence electrons. The Kier molecular flexibility index (Phi) is 11.1. The van der Waals surface area contributed by atoms with Crippen molar-refractivity contribution < 1.29 is 18.0 Å². The molecule has 0 aliphatic heterocycles. The molecule has 3 aromatic rings. The van der Waals surface area contributed by atoms with E-state index in [1.807, 2.05) is 86.6 Å². The minimum absolute atomic E-state index is 0.108. The first-order chi connectivity index (χ1) is 18.7. The Labute approximate surface area is 232 Å². The van der Waals surface area contributed by atoms with Crippen molar-refractivity contribution in [3.63, 3.8) is 0 Å². The van der Waals surface area contributed by atoms with Crippen molar-refractivity contribution in [3.05, 3.63) is 102 Å². The molecule has 0 radical (unpaired) electrons. The predicted octanol–water partition coefficient (Wildman–Crippen LogP) is 4.57. The van der Waals surface area contributed by atoms with Gasteiger partial charge in [0.2, 0.25) is 21.8 Å². The summed E-state index contributed by atoms with van der Waals surface area (Å²) < 4.78 is 26.5. The number of rotatable bonds is 14. The van der Waals surface area contributed by atoms with E-state index in [0.717, 1.165) is 23.1 Å². The number of nitrogens with zero attached hydrogens (tertiary/aromatic N) is 2. The molecule has 0 saturated heterocycles. The van der Waals surface area contributed by atoms with Crippen LogP contribution in [0.4, 0.5) is 5.69 Å². The van der Waals surface area contributed by atoms with Crippen LogP contribution in [0.25, 0.3) is 0 Å². The number of nitrogens with one attached hydrogen (secondary N) is 1. The number of hydrogen-bond donors (Lipinski definition) is 1. The van der Waals surface area contributed by atoms with E-state index in [1.54, 1.807) is 17.0 Å². The zero-order chi connectivity index (χ0) is 28.3. The predicted molar refractivity (Wildman–Crippen MR) is 157 cm³/mol. The van der Waals surface area contributed by atoms with Crippen LogP contribution in [0, 0.1) is 0 Å². The fraction of sp³-hybridized carbons (Fsp3) is 0.355. The van der Waals surface area contributed by atoms with Gasteiger partial charge in [0.1, 0.15) is 6.04 Å². The van der Waals surface area contributed by atoms with Crippen molar-refractivity contribution in [1.29, 1.82) is 0 Å². The van der Waals surface area contributed by atoms with E-state index < -0.39 is 16.1 Å². The molecule has 3 rings (SSSR count). The Hall–Kier alpha value is -3.65. The van der Waals surface area contributed by atoms with Gasteiger partial charge in [0, 0.05) is 32.5 Å². The Morgan fingerprint density at radius 2 is 1.41 bits per heavy atom. The summed E-state index contributed by atoms with van der Waals surface area (Å²) in [4.78, 5) is 28.6. The molecular weight excluding hydrogens is 510 g/mol. The van der Waals surface area contributed by atoms with Crippen LogP contribution >= 0.6 is 0 Å². The number of hydrogen-bond acceptors (Lipinski definition) is 4. The topological polar surface area (TPSA) is 86.8 Å². The SMILES string of the molecule is CCNC(=O)[C@@H](Cc1ccccc1)N(Cc1ccccc1)C(=O)CCCN(c1ccc(CC)cc1)S(C)(=O)=O. The molecule has 39 heavy (non-hydrogen) atoms. The van der Waals surface area contributed by atoms with Gasteiger partial charge in [-0.15, -0.1) is 0 Å². The van der Waals surface area contributed by atoms with Crippen LogP contribution in [0.5, 0.6) is 0 Å². The smallest absolute Gasteiger partial charge is 0.243 e. The third kappa shape index (κ3) is 8.96. The van der Waals surface area contributed by atoms with Crippen LogP contribution in [0.2, 0.25) is 0 Å². The molecule has 1 atom stereocenters. The average Bonchev–Trinajstić information content (AvgIpc) is 2.93. The maximum atomic E-state index is 13.7. The molecule has 0 unspecified atom stereocenters. The van der Waals surface area contributed by atoms with Gasteiger partial charge in [0.25, 0.3) is 0 Å². The van der Waals surface area contributed by atoms with Gasteiger partial charge in [-0.2, -0.15) is 0 Å². The monoisotopic (exact) mass is 549 g/mol. The van der Waals surface area contributed by atoms with E-state index in [2.05, 4.69) is 5.32 Å². The highest BCUT2D eigenvalue weighted by Crippen LogP contribution is 2.21. The minimum Gasteiger partial charge on any atom is -0.355 e. The molecule has 0 aliphatic rings. The van der Waals surface area contributed by atoms with Crippen LogP contribution in [-0.4, -0.2) is 50.5 Å². The lowest BCUT2D eigenvalue weighted by Crippen LogP contribution is -2.50. The number of carbonyl (C=O) groups is 2. The molecule has 0 spiro atoms. The highest BCUT2D eigenvalue weighted by atomic mass is 32.2. The van der Waals surface area contributed by atoms with Gasteiger partial charge < -0.3 is 10.2 Å². The summed E-state index contributed by atoms with van der Waals surface area (Å²) in [6.07, 6.45) is 2.84. The lowest BCUT2D eigenvalue weighted by atomic mass is 10.0. The van der Waals surface area contributed by atoms with Gasteiger partial charge in [-0.1, -0.05) is 79.7 Å². The first-order valence-corrected chi connectivity index (χ1v) is 15.3. The van der Waals surface area contributed by atoms with Gasteiger partial charge in [-0.25, -0.2) is 8.42 Å². The van der Waals surface area contributed by atoms with E-state index in [1.165, 1.54) is 10.6 Å². The highest BCUT2D eigenvalue weighted by Gasteiger charge is 2.30. The highest BCUT2D eigenvalue weighted by molar-refractivity contribution is 7.92. The molecule has 0 bridgehead atoms. The molecular formula is C31H39N3O4S. The fourth-order valence-electron chi connectivity index (χ4n) is 4.53. The summed E-state index contributed by atoms with van der Waals surface area (Å²) in [6, 6.07) is 26.0. The van der Waals surface area contributed by atoms with E-state index in [-0.39, 0.29) is 31.3 Å². The summed E-state index contributed by atoms with van der Waals surface area (Å²) >= 11 is 0. The molecule has 2 amide bonds. The van der Waals surface area contributed by atoms with Crippen LogP contribution in [0.3, 0.4) is 0 Å². The lowest BCUT2D eigenvalue weighted by molar-refractivity contribution is -0.141. The standard InChI is InChI=1S/C31H39N3O4S/c1-4-25-18-20-28(21-19-25)34(39(3,37)38)22-12-17-30(35)33(24-27-15-10-7-11-16-27)29(31(36)32-5-2)23-26-13-8-6-9-14-26/h6-11,13-16,18-21,29H,4-5,12,17,22-24H2,1-3H3,(H,32,36)/t29-/m1/s1. The zero-order valence-electron chi connectivity index (χ0n) is 23.0. The summed E-state index contributed by atoms with van der Waals surface area (Å²) in [6.45, 7) is 4.80. The molecule has 7 nitrogen and oxygen atoms in total. The van der Waals surface area contributed by atoms with Crippen LogP contribution in [0.1, 0.15) is 43.4 Å². The molecule has 8 heteroatoms. The van der Waals surface area contributed by atoms with Crippen molar-refractivity contribution in [1.82, 2.24) is 10.2 Å². The van der Waals surface area contributed by atoms with Gasteiger partial charge in [-0.05, 0) is 48.6 Å². The summed E-state index contributed by atoms with van der Waals surface area (Å²) in [5, 5.41) is 2.89. The van der Waals surface area contributed by atoms with E-state index in [4.69, 9.17) is 0 Å². The molecule has 1 N–H and O–H groups in total. The second-order valence-corrected chi connectivity index (χ2v) is 11.5. The minimum atomic E-state index is -3.54. The summed E-state index contributed by atoms with van der Waals surface area (Å²) in [5.41, 5.74) is 3.57. The first kappa shape index (κ1) is 29.9. The van der Waals surface area contributed by atoms with Gasteiger partial charge in [-0.3, -0.25) is 13.9 Å². The maximum Gasteiger partial charge on any atom is 0.243 e. The summed E-state index contributed by atoms with van der Waals surface area (Å²) in [5.74, 6) is -0.403. The third-order valence-electron chi connectivity index (χ3n) is 6.60. The second-order valence-electron chi connectivity index (χ2n) is 9.57. The quantitative estimate of drug-likeness (QED) is 0.319. The zero-order valence-corrected chi connectivity index (χ0v) is 23.9. The maximum absolute atomic E-state index is 13.7. The van der Waals surface area contributed by atoms with Crippen LogP contribution in [-0.2, 0) is 39.0 Å². The number of amides is 2. The molecule has 0 saturated carbocycles. The Bertz CT molecular complexity index is 1300. The molecule has 0 aromatic heterocycles. The lowest BCUT2D eigenvalue weighted by Gasteiger charge is -2.32. The number of benzene rings is 3. The van der Waals surface area contributed by atoms with E-state index >= 15 is 0 Å². The molecule has 3 aromatic carbocycles. The molecule has 0 aliphatic carbocycles. The number of anilines is 1. The largest absolute Gasteiger partial charge is 0.355 e. The van der Waals surface area contributed by atoms with Gasteiger partial charge in [0.05, 0.1) is 11.9 Å². The van der Waals surface area contributed by atoms with E-state index in [0.29, 0.717) is 25.1 Å². The van der Waals surface area contributed by atoms with Gasteiger partial charge >= 0.3 is 0 Å². The number of aryl methyl sites for hydroxylation is 1. The first-order valence-electron chi connectivity index (χ1n) is 13.4. The van der Waals surface area contributed by atoms with Crippen molar-refractivity contribution >= 4 is 27.5 Å². The van der Waals surface area contributed by atoms with Crippen LogP contribution in [0.15, 0.2) is 84.9 Å². The third-order valence-corrected chi connectivity index (χ3v) is 7.80. The average molecular weight is 550 g/mol. The fourth-order valence-corrected chi connectivity index (χ4v) is 5.49. The number of likely N-dealkylation sites (N-methyl/N-ethyl adjacent to an activating group) is 1. The molecule has 0 heterocycles. The van der Waals surface area contributed by atoms with E-state index in [9.17, 15) is 18.0 Å². The Morgan fingerprint density at radius 1 is 0.821 bits per heavy atom. The second kappa shape index (κ2) is 14.5. The Morgan fingerprint density at radius 3 is 1.95 bits per heavy atom. The number of carbonyl (C=O) groups excluding carboxylic acids is 2. The normalized spacial score (nSPS) is 12.0. The molecule has 0 fully saturated rings. The van der Waals surface area contributed by atoms with Crippen molar-refractivity contribution in [2.75, 3.05) is 23.7 Å². The number of sulfonamides is 1. The summed E-state index contributed by atoms with van der Waals surface area (Å²) in [7, 11) is -3.54. The van der Waals surface area contributed by atoms with Crippen molar-refractivity contribution in [2.24, 2.45) is 0 Å². The van der Waals surface area contributed by atoms with Crippen LogP contribution < -0.4 is 9.62 Å².